The summed E-state index contributed by atoms with van der Waals surface area (Å²) in [6, 6.07) is 14.4. The predicted octanol–water partition coefficient (Wildman–Crippen LogP) is 3.55. The molecule has 1 aromatic heterocycles. The van der Waals surface area contributed by atoms with E-state index < -0.39 is 0 Å². The molecule has 0 spiro atoms. The molecular formula is C16H13NO2. The lowest BCUT2D eigenvalue weighted by molar-refractivity contribution is 0.101. The van der Waals surface area contributed by atoms with Crippen molar-refractivity contribution in [2.75, 3.05) is 5.73 Å². The maximum absolute atomic E-state index is 12.3. The van der Waals surface area contributed by atoms with Gasteiger partial charge in [-0.2, -0.15) is 0 Å². The predicted molar refractivity (Wildman–Crippen MR) is 75.2 cm³/mol. The first-order chi connectivity index (χ1) is 9.13. The zero-order valence-electron chi connectivity index (χ0n) is 10.5. The van der Waals surface area contributed by atoms with Gasteiger partial charge in [-0.15, -0.1) is 0 Å². The minimum Gasteiger partial charge on any atom is -0.453 e. The van der Waals surface area contributed by atoms with Crippen molar-refractivity contribution in [3.8, 4) is 0 Å². The Morgan fingerprint density at radius 3 is 2.53 bits per heavy atom. The van der Waals surface area contributed by atoms with E-state index in [-0.39, 0.29) is 5.78 Å². The number of carbonyl (C=O) groups excluding carboxylic acids is 1. The second kappa shape index (κ2) is 4.28. The molecule has 94 valence electrons. The maximum Gasteiger partial charge on any atom is 0.228 e. The first-order valence-electron chi connectivity index (χ1n) is 6.04. The van der Waals surface area contributed by atoms with Crippen molar-refractivity contribution in [1.82, 2.24) is 0 Å². The van der Waals surface area contributed by atoms with Crippen molar-refractivity contribution in [2.24, 2.45) is 0 Å². The third kappa shape index (κ3) is 2.10. The molecule has 2 N–H and O–H groups in total. The molecule has 0 saturated heterocycles. The van der Waals surface area contributed by atoms with Gasteiger partial charge in [0.05, 0.1) is 0 Å². The number of benzene rings is 2. The van der Waals surface area contributed by atoms with Gasteiger partial charge in [-0.25, -0.2) is 0 Å². The number of nitrogens with two attached hydrogens (primary N) is 1. The number of hydrogen-bond donors (Lipinski definition) is 1. The standard InChI is InChI=1S/C16H13NO2/c1-10-2-7-14-12(8-10)9-15(19-14)16(18)11-3-5-13(17)6-4-11/h2-9H,17H2,1H3. The quantitative estimate of drug-likeness (QED) is 0.559. The molecule has 0 unspecified atom stereocenters. The van der Waals surface area contributed by atoms with E-state index in [2.05, 4.69) is 0 Å². The molecule has 0 aliphatic carbocycles. The average Bonchev–Trinajstić information content (AvgIpc) is 2.81. The van der Waals surface area contributed by atoms with Crippen molar-refractivity contribution >= 4 is 22.4 Å². The molecule has 1 heterocycles. The molecular weight excluding hydrogens is 238 g/mol. The Bertz CT molecular complexity index is 754. The van der Waals surface area contributed by atoms with Crippen LogP contribution in [0.5, 0.6) is 0 Å². The van der Waals surface area contributed by atoms with Crippen LogP contribution in [0, 0.1) is 6.92 Å². The molecule has 0 saturated carbocycles. The van der Waals surface area contributed by atoms with Crippen LogP contribution in [0.3, 0.4) is 0 Å². The van der Waals surface area contributed by atoms with Gasteiger partial charge in [0.15, 0.2) is 5.76 Å². The van der Waals surface area contributed by atoms with Crippen LogP contribution in [0.25, 0.3) is 11.0 Å². The first-order valence-corrected chi connectivity index (χ1v) is 6.04. The fraction of sp³-hybridized carbons (Fsp3) is 0.0625. The number of hydrogen-bond acceptors (Lipinski definition) is 3. The number of fused-ring (bicyclic) bond motifs is 1. The molecule has 0 atom stereocenters. The van der Waals surface area contributed by atoms with Crippen LogP contribution in [0.15, 0.2) is 52.9 Å². The average molecular weight is 251 g/mol. The number of rotatable bonds is 2. The molecule has 0 amide bonds. The third-order valence-electron chi connectivity index (χ3n) is 3.07. The molecule has 19 heavy (non-hydrogen) atoms. The minimum atomic E-state index is -0.131. The normalized spacial score (nSPS) is 10.8. The van der Waals surface area contributed by atoms with Crippen molar-refractivity contribution < 1.29 is 9.21 Å². The van der Waals surface area contributed by atoms with Gasteiger partial charge in [-0.05, 0) is 49.4 Å². The van der Waals surface area contributed by atoms with Crippen LogP contribution in [0.2, 0.25) is 0 Å². The molecule has 3 nitrogen and oxygen atoms in total. The van der Waals surface area contributed by atoms with E-state index >= 15 is 0 Å². The molecule has 0 fully saturated rings. The summed E-state index contributed by atoms with van der Waals surface area (Å²) in [4.78, 5) is 12.3. The van der Waals surface area contributed by atoms with Gasteiger partial charge in [0.2, 0.25) is 5.78 Å². The van der Waals surface area contributed by atoms with E-state index in [0.717, 1.165) is 16.5 Å². The van der Waals surface area contributed by atoms with Crippen LogP contribution >= 0.6 is 0 Å². The SMILES string of the molecule is Cc1ccc2oc(C(=O)c3ccc(N)cc3)cc2c1. The second-order valence-electron chi connectivity index (χ2n) is 4.60. The van der Waals surface area contributed by atoms with Crippen LogP contribution < -0.4 is 5.73 Å². The number of ketones is 1. The molecule has 0 aliphatic heterocycles. The third-order valence-corrected chi connectivity index (χ3v) is 3.07. The highest BCUT2D eigenvalue weighted by molar-refractivity contribution is 6.09. The smallest absolute Gasteiger partial charge is 0.228 e. The van der Waals surface area contributed by atoms with Crippen LogP contribution in [0.1, 0.15) is 21.7 Å². The maximum atomic E-state index is 12.3. The lowest BCUT2D eigenvalue weighted by Gasteiger charge is -1.97. The Labute approximate surface area is 110 Å². The summed E-state index contributed by atoms with van der Waals surface area (Å²) in [7, 11) is 0. The Kier molecular flexibility index (Phi) is 2.60. The Morgan fingerprint density at radius 1 is 1.05 bits per heavy atom. The van der Waals surface area contributed by atoms with Gasteiger partial charge >= 0.3 is 0 Å². The summed E-state index contributed by atoms with van der Waals surface area (Å²) in [5, 5.41) is 0.943. The second-order valence-corrected chi connectivity index (χ2v) is 4.60. The summed E-state index contributed by atoms with van der Waals surface area (Å²) in [5.74, 6) is 0.222. The zero-order chi connectivity index (χ0) is 13.4. The van der Waals surface area contributed by atoms with Crippen molar-refractivity contribution in [2.45, 2.75) is 6.92 Å². The monoisotopic (exact) mass is 251 g/mol. The lowest BCUT2D eigenvalue weighted by atomic mass is 10.1. The molecule has 0 bridgehead atoms. The number of furan rings is 1. The number of aryl methyl sites for hydroxylation is 1. The fourth-order valence-electron chi connectivity index (χ4n) is 2.05. The van der Waals surface area contributed by atoms with E-state index in [1.807, 2.05) is 25.1 Å². The van der Waals surface area contributed by atoms with Crippen LogP contribution in [-0.4, -0.2) is 5.78 Å². The minimum absolute atomic E-state index is 0.131. The van der Waals surface area contributed by atoms with E-state index in [1.54, 1.807) is 30.3 Å². The highest BCUT2D eigenvalue weighted by Crippen LogP contribution is 2.22. The van der Waals surface area contributed by atoms with Gasteiger partial charge in [-0.3, -0.25) is 4.79 Å². The summed E-state index contributed by atoms with van der Waals surface area (Å²) in [5.41, 5.74) is 8.68. The largest absolute Gasteiger partial charge is 0.453 e. The number of nitrogen functional groups attached to an aromatic ring is 1. The summed E-state index contributed by atoms with van der Waals surface area (Å²) in [6.07, 6.45) is 0. The van der Waals surface area contributed by atoms with Gasteiger partial charge in [0, 0.05) is 16.6 Å². The van der Waals surface area contributed by atoms with E-state index in [0.29, 0.717) is 17.0 Å². The van der Waals surface area contributed by atoms with Gasteiger partial charge in [0.1, 0.15) is 5.58 Å². The van der Waals surface area contributed by atoms with Crippen molar-refractivity contribution in [3.05, 3.63) is 65.4 Å². The molecule has 0 radical (unpaired) electrons. The fourth-order valence-corrected chi connectivity index (χ4v) is 2.05. The van der Waals surface area contributed by atoms with E-state index in [9.17, 15) is 4.79 Å². The molecule has 0 aliphatic rings. The number of carbonyl (C=O) groups is 1. The first kappa shape index (κ1) is 11.5. The molecule has 3 aromatic rings. The molecule has 3 rings (SSSR count). The molecule has 2 aromatic carbocycles. The van der Waals surface area contributed by atoms with Crippen LogP contribution in [0.4, 0.5) is 5.69 Å². The Morgan fingerprint density at radius 2 is 1.79 bits per heavy atom. The highest BCUT2D eigenvalue weighted by atomic mass is 16.3. The van der Waals surface area contributed by atoms with Gasteiger partial charge < -0.3 is 10.2 Å². The van der Waals surface area contributed by atoms with Gasteiger partial charge in [0.25, 0.3) is 0 Å². The summed E-state index contributed by atoms with van der Waals surface area (Å²) in [6.45, 7) is 2.01. The summed E-state index contributed by atoms with van der Waals surface area (Å²) < 4.78 is 5.59. The molecule has 3 heteroatoms. The Balaban J connectivity index is 2.04. The van der Waals surface area contributed by atoms with E-state index in [4.69, 9.17) is 10.2 Å². The lowest BCUT2D eigenvalue weighted by Crippen LogP contribution is -1.99. The summed E-state index contributed by atoms with van der Waals surface area (Å²) >= 11 is 0. The van der Waals surface area contributed by atoms with Crippen molar-refractivity contribution in [1.29, 1.82) is 0 Å². The van der Waals surface area contributed by atoms with Crippen molar-refractivity contribution in [3.63, 3.8) is 0 Å². The topological polar surface area (TPSA) is 56.2 Å². The number of anilines is 1. The Hall–Kier alpha value is -2.55. The van der Waals surface area contributed by atoms with E-state index in [1.165, 1.54) is 0 Å². The zero-order valence-corrected chi connectivity index (χ0v) is 10.5. The van der Waals surface area contributed by atoms with Gasteiger partial charge in [-0.1, -0.05) is 11.6 Å². The van der Waals surface area contributed by atoms with Crippen LogP contribution in [-0.2, 0) is 0 Å². The highest BCUT2D eigenvalue weighted by Gasteiger charge is 2.14.